The molecule has 170 valence electrons. The monoisotopic (exact) mass is 473 g/mol. The second-order valence-corrected chi connectivity index (χ2v) is 8.04. The lowest BCUT2D eigenvalue weighted by atomic mass is 10.1. The molecule has 0 radical (unpaired) electrons. The van der Waals surface area contributed by atoms with Gasteiger partial charge >= 0.3 is 0 Å². The van der Waals surface area contributed by atoms with E-state index in [-0.39, 0.29) is 17.7 Å². The highest BCUT2D eigenvalue weighted by molar-refractivity contribution is 6.30. The van der Waals surface area contributed by atoms with Gasteiger partial charge in [0.1, 0.15) is 28.3 Å². The zero-order chi connectivity index (χ0) is 23.7. The van der Waals surface area contributed by atoms with Crippen LogP contribution in [0.5, 0.6) is 11.5 Å². The smallest absolute Gasteiger partial charge is 0.280 e. The van der Waals surface area contributed by atoms with Crippen LogP contribution in [-0.4, -0.2) is 29.2 Å². The number of benzene rings is 3. The molecule has 0 amide bonds. The molecular formula is C26H20ClN3O4. The second kappa shape index (κ2) is 9.03. The number of fused-ring (bicyclic) bond motifs is 1. The Bertz CT molecular complexity index is 1530. The van der Waals surface area contributed by atoms with Crippen molar-refractivity contribution in [3.63, 3.8) is 0 Å². The lowest BCUT2D eigenvalue weighted by Crippen LogP contribution is -2.24. The molecule has 0 aliphatic carbocycles. The molecule has 8 heteroatoms. The van der Waals surface area contributed by atoms with E-state index in [4.69, 9.17) is 25.6 Å². The summed E-state index contributed by atoms with van der Waals surface area (Å²) in [6, 6.07) is 22.1. The molecule has 0 saturated carbocycles. The minimum absolute atomic E-state index is 0.241. The molecule has 3 aromatic carbocycles. The molecule has 0 atom stereocenters. The Kier molecular flexibility index (Phi) is 5.77. The average Bonchev–Trinajstić information content (AvgIpc) is 3.33. The van der Waals surface area contributed by atoms with E-state index in [0.29, 0.717) is 38.9 Å². The van der Waals surface area contributed by atoms with Crippen molar-refractivity contribution in [3.05, 3.63) is 93.7 Å². The van der Waals surface area contributed by atoms with Crippen molar-refractivity contribution in [2.24, 2.45) is 0 Å². The molecule has 5 rings (SSSR count). The fraction of sp³-hybridized carbons (Fsp3) is 0.115. The van der Waals surface area contributed by atoms with Crippen molar-refractivity contribution in [2.45, 2.75) is 6.54 Å². The number of methoxy groups -OCH3 is 2. The van der Waals surface area contributed by atoms with Gasteiger partial charge < -0.3 is 14.0 Å². The number of aromatic nitrogens is 3. The minimum Gasteiger partial charge on any atom is -0.497 e. The molecule has 0 aliphatic heterocycles. The lowest BCUT2D eigenvalue weighted by Gasteiger charge is -2.12. The van der Waals surface area contributed by atoms with E-state index in [1.54, 1.807) is 44.6 Å². The van der Waals surface area contributed by atoms with Crippen LogP contribution in [0.15, 0.2) is 82.1 Å². The Balaban J connectivity index is 1.80. The largest absolute Gasteiger partial charge is 0.497 e. The lowest BCUT2D eigenvalue weighted by molar-refractivity contribution is 0.404. The molecular weight excluding hydrogens is 454 g/mol. The summed E-state index contributed by atoms with van der Waals surface area (Å²) >= 11 is 6.03. The van der Waals surface area contributed by atoms with Gasteiger partial charge in [0.2, 0.25) is 5.58 Å². The fourth-order valence-electron chi connectivity index (χ4n) is 3.83. The van der Waals surface area contributed by atoms with E-state index in [2.05, 4.69) is 10.3 Å². The summed E-state index contributed by atoms with van der Waals surface area (Å²) < 4.78 is 18.1. The van der Waals surface area contributed by atoms with Gasteiger partial charge in [-0.25, -0.2) is 4.68 Å². The van der Waals surface area contributed by atoms with E-state index in [0.717, 1.165) is 11.1 Å². The highest BCUT2D eigenvalue weighted by Crippen LogP contribution is 2.37. The van der Waals surface area contributed by atoms with Gasteiger partial charge in [0.25, 0.3) is 5.56 Å². The fourth-order valence-corrected chi connectivity index (χ4v) is 3.96. The van der Waals surface area contributed by atoms with Gasteiger partial charge in [-0.3, -0.25) is 4.79 Å². The summed E-state index contributed by atoms with van der Waals surface area (Å²) in [6.07, 6.45) is 0. The molecule has 7 nitrogen and oxygen atoms in total. The first-order valence-corrected chi connectivity index (χ1v) is 10.9. The summed E-state index contributed by atoms with van der Waals surface area (Å²) in [4.78, 5) is 13.6. The van der Waals surface area contributed by atoms with E-state index >= 15 is 0 Å². The molecule has 34 heavy (non-hydrogen) atoms. The van der Waals surface area contributed by atoms with Gasteiger partial charge in [0, 0.05) is 10.6 Å². The molecule has 0 saturated heterocycles. The molecule has 0 N–H and O–H groups in total. The van der Waals surface area contributed by atoms with Crippen molar-refractivity contribution < 1.29 is 14.0 Å². The van der Waals surface area contributed by atoms with E-state index < -0.39 is 0 Å². The molecule has 0 aliphatic rings. The van der Waals surface area contributed by atoms with Crippen LogP contribution < -0.4 is 15.0 Å². The summed E-state index contributed by atoms with van der Waals surface area (Å²) in [7, 11) is 3.15. The Hall–Kier alpha value is -4.10. The van der Waals surface area contributed by atoms with Crippen molar-refractivity contribution in [3.8, 4) is 34.0 Å². The predicted molar refractivity (Wildman–Crippen MR) is 131 cm³/mol. The van der Waals surface area contributed by atoms with Crippen molar-refractivity contribution in [1.82, 2.24) is 14.9 Å². The molecule has 2 aromatic heterocycles. The predicted octanol–water partition coefficient (Wildman–Crippen LogP) is 5.44. The average molecular weight is 474 g/mol. The van der Waals surface area contributed by atoms with E-state index in [9.17, 15) is 4.79 Å². The third-order valence-corrected chi connectivity index (χ3v) is 5.78. The first-order chi connectivity index (χ1) is 16.6. The van der Waals surface area contributed by atoms with Crippen LogP contribution in [0.25, 0.3) is 33.5 Å². The van der Waals surface area contributed by atoms with Gasteiger partial charge in [-0.2, -0.15) is 5.10 Å². The Morgan fingerprint density at radius 2 is 1.71 bits per heavy atom. The minimum atomic E-state index is -0.310. The topological polar surface area (TPSA) is 79.4 Å². The number of hydrogen-bond donors (Lipinski definition) is 0. The van der Waals surface area contributed by atoms with Gasteiger partial charge in [0.15, 0.2) is 0 Å². The van der Waals surface area contributed by atoms with Crippen LogP contribution in [0.3, 0.4) is 0 Å². The summed E-state index contributed by atoms with van der Waals surface area (Å²) in [6.45, 7) is 0.241. The molecule has 5 aromatic rings. The molecule has 0 fully saturated rings. The maximum Gasteiger partial charge on any atom is 0.280 e. The van der Waals surface area contributed by atoms with Crippen LogP contribution in [-0.2, 0) is 6.54 Å². The quantitative estimate of drug-likeness (QED) is 0.327. The number of nitrogens with zero attached hydrogens (tertiary/aromatic N) is 3. The normalized spacial score (nSPS) is 11.0. The third-order valence-electron chi connectivity index (χ3n) is 5.53. The Morgan fingerprint density at radius 3 is 2.41 bits per heavy atom. The first-order valence-electron chi connectivity index (χ1n) is 10.5. The van der Waals surface area contributed by atoms with Crippen LogP contribution >= 0.6 is 11.6 Å². The van der Waals surface area contributed by atoms with Crippen LogP contribution in [0.4, 0.5) is 0 Å². The number of halogens is 1. The maximum absolute atomic E-state index is 13.6. The van der Waals surface area contributed by atoms with Crippen LogP contribution in [0.1, 0.15) is 5.56 Å². The van der Waals surface area contributed by atoms with Gasteiger partial charge in [0.05, 0.1) is 26.3 Å². The van der Waals surface area contributed by atoms with E-state index in [1.807, 2.05) is 42.5 Å². The standard InChI is InChI=1S/C26H20ClN3O4/c1-32-19-12-13-21(33-2)20(14-19)24-25-22(23(29-34-25)17-6-4-3-5-7-17)26(31)30(28-24)15-16-8-10-18(27)11-9-16/h3-14H,15H2,1-2H3. The Labute approximate surface area is 200 Å². The van der Waals surface area contributed by atoms with Crippen molar-refractivity contribution in [1.29, 1.82) is 0 Å². The van der Waals surface area contributed by atoms with Gasteiger partial charge in [-0.05, 0) is 35.9 Å². The molecule has 0 bridgehead atoms. The van der Waals surface area contributed by atoms with Crippen LogP contribution in [0, 0.1) is 0 Å². The van der Waals surface area contributed by atoms with Gasteiger partial charge in [-0.1, -0.05) is 59.2 Å². The number of hydrogen-bond acceptors (Lipinski definition) is 6. The van der Waals surface area contributed by atoms with Gasteiger partial charge in [-0.15, -0.1) is 0 Å². The van der Waals surface area contributed by atoms with Crippen LogP contribution in [0.2, 0.25) is 5.02 Å². The summed E-state index contributed by atoms with van der Waals surface area (Å²) in [5.74, 6) is 1.17. The third kappa shape index (κ3) is 3.91. The maximum atomic E-state index is 13.6. The summed E-state index contributed by atoms with van der Waals surface area (Å²) in [5, 5.41) is 9.89. The summed E-state index contributed by atoms with van der Waals surface area (Å²) in [5.41, 5.74) is 3.11. The highest BCUT2D eigenvalue weighted by Gasteiger charge is 2.24. The van der Waals surface area contributed by atoms with Crippen molar-refractivity contribution >= 4 is 22.6 Å². The Morgan fingerprint density at radius 1 is 0.941 bits per heavy atom. The molecule has 0 spiro atoms. The highest BCUT2D eigenvalue weighted by atomic mass is 35.5. The first kappa shape index (κ1) is 21.7. The number of ether oxygens (including phenoxy) is 2. The number of rotatable bonds is 6. The van der Waals surface area contributed by atoms with Crippen molar-refractivity contribution in [2.75, 3.05) is 14.2 Å². The SMILES string of the molecule is COc1ccc(OC)c(-c2nn(Cc3ccc(Cl)cc3)c(=O)c3c(-c4ccccc4)noc23)c1. The zero-order valence-corrected chi connectivity index (χ0v) is 19.2. The second-order valence-electron chi connectivity index (χ2n) is 7.61. The zero-order valence-electron chi connectivity index (χ0n) is 18.5. The van der Waals surface area contributed by atoms with E-state index in [1.165, 1.54) is 4.68 Å². The molecule has 0 unspecified atom stereocenters. The molecule has 2 heterocycles.